The summed E-state index contributed by atoms with van der Waals surface area (Å²) < 4.78 is 5.31. The van der Waals surface area contributed by atoms with Gasteiger partial charge in [0.25, 0.3) is 5.69 Å². The number of hydrogen-bond donors (Lipinski definition) is 1. The molecule has 116 valence electrons. The van der Waals surface area contributed by atoms with E-state index in [4.69, 9.17) is 4.74 Å². The summed E-state index contributed by atoms with van der Waals surface area (Å²) in [6.45, 7) is 5.17. The number of methoxy groups -OCH3 is 1. The minimum Gasteiger partial charge on any atom is -0.496 e. The van der Waals surface area contributed by atoms with E-state index in [2.05, 4.69) is 19.2 Å². The highest BCUT2D eigenvalue weighted by atomic mass is 16.6. The zero-order valence-electron chi connectivity index (χ0n) is 13.0. The molecule has 1 N–H and O–H groups in total. The van der Waals surface area contributed by atoms with Gasteiger partial charge in [0.15, 0.2) is 0 Å². The lowest BCUT2D eigenvalue weighted by Crippen LogP contribution is -2.43. The second kappa shape index (κ2) is 6.43. The number of nitrogens with zero attached hydrogens (tertiary/aromatic N) is 1. The Morgan fingerprint density at radius 2 is 2.19 bits per heavy atom. The standard InChI is InChI=1S/C16H24N2O3/c1-16(2)9-5-4-6-15(16)17-11-12-10-13(18(19)20)7-8-14(12)21-3/h7-8,10,15,17H,4-6,9,11H2,1-3H3. The highest BCUT2D eigenvalue weighted by molar-refractivity contribution is 5.43. The molecule has 0 heterocycles. The summed E-state index contributed by atoms with van der Waals surface area (Å²) in [4.78, 5) is 10.5. The molecular weight excluding hydrogens is 268 g/mol. The van der Waals surface area contributed by atoms with E-state index in [0.717, 1.165) is 12.0 Å². The lowest BCUT2D eigenvalue weighted by molar-refractivity contribution is -0.384. The van der Waals surface area contributed by atoms with Crippen LogP contribution in [0.4, 0.5) is 5.69 Å². The highest BCUT2D eigenvalue weighted by Crippen LogP contribution is 2.36. The molecule has 1 fully saturated rings. The fourth-order valence-corrected chi connectivity index (χ4v) is 3.12. The summed E-state index contributed by atoms with van der Waals surface area (Å²) in [5.74, 6) is 0.696. The van der Waals surface area contributed by atoms with Gasteiger partial charge < -0.3 is 10.1 Å². The SMILES string of the molecule is COc1ccc([N+](=O)[O-])cc1CNC1CCCCC1(C)C. The molecule has 0 saturated heterocycles. The van der Waals surface area contributed by atoms with Crippen molar-refractivity contribution in [2.75, 3.05) is 7.11 Å². The Morgan fingerprint density at radius 1 is 1.43 bits per heavy atom. The summed E-state index contributed by atoms with van der Waals surface area (Å²) in [5, 5.41) is 14.5. The van der Waals surface area contributed by atoms with E-state index in [-0.39, 0.29) is 16.0 Å². The molecule has 0 bridgehead atoms. The number of non-ortho nitro benzene ring substituents is 1. The van der Waals surface area contributed by atoms with Crippen LogP contribution in [0.2, 0.25) is 0 Å². The van der Waals surface area contributed by atoms with E-state index >= 15 is 0 Å². The number of nitro benzene ring substituents is 1. The summed E-state index contributed by atoms with van der Waals surface area (Å²) >= 11 is 0. The minimum absolute atomic E-state index is 0.107. The van der Waals surface area contributed by atoms with E-state index in [0.29, 0.717) is 18.3 Å². The van der Waals surface area contributed by atoms with Crippen LogP contribution in [0.3, 0.4) is 0 Å². The van der Waals surface area contributed by atoms with Gasteiger partial charge in [0, 0.05) is 30.3 Å². The zero-order chi connectivity index (χ0) is 15.5. The first kappa shape index (κ1) is 15.8. The number of rotatable bonds is 5. The predicted octanol–water partition coefficient (Wildman–Crippen LogP) is 3.66. The smallest absolute Gasteiger partial charge is 0.270 e. The molecule has 2 rings (SSSR count). The van der Waals surface area contributed by atoms with Crippen molar-refractivity contribution < 1.29 is 9.66 Å². The molecule has 1 saturated carbocycles. The topological polar surface area (TPSA) is 64.4 Å². The number of ether oxygens (including phenoxy) is 1. The Kier molecular flexibility index (Phi) is 4.83. The van der Waals surface area contributed by atoms with Crippen LogP contribution in [0.15, 0.2) is 18.2 Å². The van der Waals surface area contributed by atoms with Crippen LogP contribution in [0, 0.1) is 15.5 Å². The van der Waals surface area contributed by atoms with Crippen molar-refractivity contribution in [1.29, 1.82) is 0 Å². The molecule has 0 amide bonds. The van der Waals surface area contributed by atoms with Gasteiger partial charge in [-0.3, -0.25) is 10.1 Å². The molecule has 0 aromatic heterocycles. The third-order valence-corrected chi connectivity index (χ3v) is 4.52. The first-order valence-corrected chi connectivity index (χ1v) is 7.49. The maximum absolute atomic E-state index is 10.9. The number of nitrogens with one attached hydrogen (secondary N) is 1. The quantitative estimate of drug-likeness (QED) is 0.664. The first-order valence-electron chi connectivity index (χ1n) is 7.49. The molecule has 1 unspecified atom stereocenters. The third kappa shape index (κ3) is 3.73. The van der Waals surface area contributed by atoms with Gasteiger partial charge in [0.1, 0.15) is 5.75 Å². The van der Waals surface area contributed by atoms with Crippen LogP contribution >= 0.6 is 0 Å². The van der Waals surface area contributed by atoms with E-state index in [9.17, 15) is 10.1 Å². The van der Waals surface area contributed by atoms with Gasteiger partial charge in [-0.1, -0.05) is 26.7 Å². The van der Waals surface area contributed by atoms with Crippen molar-refractivity contribution in [3.05, 3.63) is 33.9 Å². The summed E-state index contributed by atoms with van der Waals surface area (Å²) in [7, 11) is 1.59. The fraction of sp³-hybridized carbons (Fsp3) is 0.625. The van der Waals surface area contributed by atoms with Crippen LogP contribution in [0.5, 0.6) is 5.75 Å². The Labute approximate surface area is 125 Å². The molecule has 21 heavy (non-hydrogen) atoms. The molecule has 0 radical (unpaired) electrons. The molecule has 1 atom stereocenters. The molecule has 0 spiro atoms. The maximum Gasteiger partial charge on any atom is 0.270 e. The largest absolute Gasteiger partial charge is 0.496 e. The summed E-state index contributed by atoms with van der Waals surface area (Å²) in [6.07, 6.45) is 4.90. The first-order chi connectivity index (χ1) is 9.94. The lowest BCUT2D eigenvalue weighted by atomic mass is 9.73. The Balaban J connectivity index is 2.11. The molecule has 1 aromatic rings. The van der Waals surface area contributed by atoms with E-state index < -0.39 is 0 Å². The van der Waals surface area contributed by atoms with Gasteiger partial charge in [0.2, 0.25) is 0 Å². The van der Waals surface area contributed by atoms with Gasteiger partial charge in [-0.05, 0) is 24.3 Å². The average Bonchev–Trinajstić information content (AvgIpc) is 2.45. The minimum atomic E-state index is -0.368. The van der Waals surface area contributed by atoms with Gasteiger partial charge in [-0.15, -0.1) is 0 Å². The lowest BCUT2D eigenvalue weighted by Gasteiger charge is -2.39. The second-order valence-corrected chi connectivity index (χ2v) is 6.42. The van der Waals surface area contributed by atoms with Crippen molar-refractivity contribution in [3.63, 3.8) is 0 Å². The van der Waals surface area contributed by atoms with E-state index in [1.54, 1.807) is 19.2 Å². The van der Waals surface area contributed by atoms with Crippen molar-refractivity contribution in [2.45, 2.75) is 52.1 Å². The summed E-state index contributed by atoms with van der Waals surface area (Å²) in [6, 6.07) is 5.19. The van der Waals surface area contributed by atoms with E-state index in [1.165, 1.54) is 25.3 Å². The molecule has 1 aromatic carbocycles. The van der Waals surface area contributed by atoms with Crippen LogP contribution in [-0.2, 0) is 6.54 Å². The number of hydrogen-bond acceptors (Lipinski definition) is 4. The monoisotopic (exact) mass is 292 g/mol. The van der Waals surface area contributed by atoms with Crippen LogP contribution < -0.4 is 10.1 Å². The van der Waals surface area contributed by atoms with Crippen molar-refractivity contribution in [1.82, 2.24) is 5.32 Å². The van der Waals surface area contributed by atoms with Crippen LogP contribution in [-0.4, -0.2) is 18.1 Å². The highest BCUT2D eigenvalue weighted by Gasteiger charge is 2.31. The zero-order valence-corrected chi connectivity index (χ0v) is 13.0. The van der Waals surface area contributed by atoms with Gasteiger partial charge in [-0.25, -0.2) is 0 Å². The van der Waals surface area contributed by atoms with Crippen molar-refractivity contribution >= 4 is 5.69 Å². The second-order valence-electron chi connectivity index (χ2n) is 6.42. The Morgan fingerprint density at radius 3 is 2.81 bits per heavy atom. The maximum atomic E-state index is 10.9. The van der Waals surface area contributed by atoms with Crippen molar-refractivity contribution in [2.24, 2.45) is 5.41 Å². The number of nitro groups is 1. The normalized spacial score (nSPS) is 21.0. The third-order valence-electron chi connectivity index (χ3n) is 4.52. The van der Waals surface area contributed by atoms with Gasteiger partial charge in [0.05, 0.1) is 12.0 Å². The molecule has 1 aliphatic rings. The Bertz CT molecular complexity index is 514. The number of benzene rings is 1. The predicted molar refractivity (Wildman–Crippen MR) is 82.5 cm³/mol. The molecule has 0 aliphatic heterocycles. The summed E-state index contributed by atoms with van der Waals surface area (Å²) in [5.41, 5.74) is 1.22. The molecule has 5 heteroatoms. The average molecular weight is 292 g/mol. The molecule has 1 aliphatic carbocycles. The van der Waals surface area contributed by atoms with Gasteiger partial charge >= 0.3 is 0 Å². The Hall–Kier alpha value is -1.62. The van der Waals surface area contributed by atoms with Crippen molar-refractivity contribution in [3.8, 4) is 5.75 Å². The van der Waals surface area contributed by atoms with E-state index in [1.807, 2.05) is 0 Å². The molecule has 5 nitrogen and oxygen atoms in total. The fourth-order valence-electron chi connectivity index (χ4n) is 3.12. The molecular formula is C16H24N2O3. The van der Waals surface area contributed by atoms with Gasteiger partial charge in [-0.2, -0.15) is 0 Å². The van der Waals surface area contributed by atoms with Crippen LogP contribution in [0.25, 0.3) is 0 Å². The van der Waals surface area contributed by atoms with Crippen LogP contribution in [0.1, 0.15) is 45.1 Å².